The van der Waals surface area contributed by atoms with Gasteiger partial charge in [-0.05, 0) is 24.6 Å². The molecule has 0 saturated carbocycles. The van der Waals surface area contributed by atoms with Crippen molar-refractivity contribution in [2.45, 2.75) is 25.8 Å². The number of hydrogen-bond donors (Lipinski definition) is 1. The molecule has 0 aliphatic carbocycles. The maximum absolute atomic E-state index is 11.5. The fourth-order valence-electron chi connectivity index (χ4n) is 1.95. The number of likely N-dealkylation sites (tertiary alicyclic amines) is 1. The van der Waals surface area contributed by atoms with E-state index in [2.05, 4.69) is 0 Å². The molecule has 1 aromatic carbocycles. The summed E-state index contributed by atoms with van der Waals surface area (Å²) in [6.45, 7) is 1.85. The van der Waals surface area contributed by atoms with Crippen molar-refractivity contribution >= 4 is 17.5 Å². The minimum atomic E-state index is -0.205. The van der Waals surface area contributed by atoms with Crippen LogP contribution >= 0.6 is 0 Å². The number of anilines is 1. The number of nitrogens with zero attached hydrogens (tertiary/aromatic N) is 1. The third kappa shape index (κ3) is 1.78. The molecule has 0 aromatic heterocycles. The first kappa shape index (κ1) is 10.7. The fraction of sp³-hybridized carbons (Fsp3) is 0.333. The molecule has 2 N–H and O–H groups in total. The van der Waals surface area contributed by atoms with Crippen molar-refractivity contribution in [3.8, 4) is 0 Å². The Labute approximate surface area is 94.0 Å². The van der Waals surface area contributed by atoms with Gasteiger partial charge in [0, 0.05) is 18.5 Å². The molecule has 1 saturated heterocycles. The first-order valence-corrected chi connectivity index (χ1v) is 5.30. The summed E-state index contributed by atoms with van der Waals surface area (Å²) in [6, 6.07) is 7.04. The van der Waals surface area contributed by atoms with Crippen molar-refractivity contribution in [3.63, 3.8) is 0 Å². The topological polar surface area (TPSA) is 63.4 Å². The number of benzene rings is 1. The van der Waals surface area contributed by atoms with Crippen LogP contribution in [0.3, 0.4) is 0 Å². The highest BCUT2D eigenvalue weighted by Crippen LogP contribution is 2.26. The summed E-state index contributed by atoms with van der Waals surface area (Å²) in [6.07, 6.45) is 0.663. The minimum Gasteiger partial charge on any atom is -0.399 e. The number of imide groups is 1. The fourth-order valence-corrected chi connectivity index (χ4v) is 1.95. The van der Waals surface area contributed by atoms with E-state index in [0.29, 0.717) is 18.5 Å². The maximum Gasteiger partial charge on any atom is 0.230 e. The molecule has 0 spiro atoms. The summed E-state index contributed by atoms with van der Waals surface area (Å²) in [7, 11) is 0. The second-order valence-electron chi connectivity index (χ2n) is 4.00. The number of carbonyl (C=O) groups is 2. The third-order valence-electron chi connectivity index (χ3n) is 2.90. The van der Waals surface area contributed by atoms with Gasteiger partial charge in [0.05, 0.1) is 6.04 Å². The lowest BCUT2D eigenvalue weighted by Crippen LogP contribution is -2.31. The smallest absolute Gasteiger partial charge is 0.230 e. The van der Waals surface area contributed by atoms with Gasteiger partial charge in [-0.1, -0.05) is 12.1 Å². The minimum absolute atomic E-state index is 0.0886. The molecule has 1 aliphatic heterocycles. The number of hydrogen-bond acceptors (Lipinski definition) is 3. The Balaban J connectivity index is 2.24. The van der Waals surface area contributed by atoms with Gasteiger partial charge in [0.2, 0.25) is 11.8 Å². The predicted octanol–water partition coefficient (Wildman–Crippen LogP) is 1.48. The summed E-state index contributed by atoms with van der Waals surface area (Å²) >= 11 is 0. The van der Waals surface area contributed by atoms with Crippen molar-refractivity contribution in [2.75, 3.05) is 5.73 Å². The highest BCUT2D eigenvalue weighted by atomic mass is 16.2. The van der Waals surface area contributed by atoms with Crippen LogP contribution in [0.5, 0.6) is 0 Å². The van der Waals surface area contributed by atoms with Crippen molar-refractivity contribution in [1.82, 2.24) is 4.90 Å². The number of amides is 2. The van der Waals surface area contributed by atoms with Crippen LogP contribution in [0.15, 0.2) is 24.3 Å². The quantitative estimate of drug-likeness (QED) is 0.604. The molecule has 4 nitrogen and oxygen atoms in total. The second kappa shape index (κ2) is 3.96. The lowest BCUT2D eigenvalue weighted by atomic mass is 10.1. The summed E-state index contributed by atoms with van der Waals surface area (Å²) in [5, 5.41) is 0. The molecule has 2 amide bonds. The molecular formula is C12H14N2O2. The van der Waals surface area contributed by atoms with Gasteiger partial charge in [0.15, 0.2) is 0 Å². The zero-order valence-electron chi connectivity index (χ0n) is 9.14. The Morgan fingerprint density at radius 3 is 2.12 bits per heavy atom. The predicted molar refractivity (Wildman–Crippen MR) is 60.4 cm³/mol. The molecule has 1 fully saturated rings. The number of nitrogens with two attached hydrogens (primary N) is 1. The largest absolute Gasteiger partial charge is 0.399 e. The summed E-state index contributed by atoms with van der Waals surface area (Å²) in [5.74, 6) is -0.177. The van der Waals surface area contributed by atoms with Crippen molar-refractivity contribution in [3.05, 3.63) is 29.8 Å². The summed E-state index contributed by atoms with van der Waals surface area (Å²) in [4.78, 5) is 24.4. The van der Waals surface area contributed by atoms with Gasteiger partial charge >= 0.3 is 0 Å². The Kier molecular flexibility index (Phi) is 2.64. The van der Waals surface area contributed by atoms with E-state index < -0.39 is 0 Å². The lowest BCUT2D eigenvalue weighted by molar-refractivity contribution is -0.140. The van der Waals surface area contributed by atoms with Gasteiger partial charge in [-0.2, -0.15) is 0 Å². The Morgan fingerprint density at radius 1 is 1.12 bits per heavy atom. The first-order valence-electron chi connectivity index (χ1n) is 5.30. The molecular weight excluding hydrogens is 204 g/mol. The second-order valence-corrected chi connectivity index (χ2v) is 4.00. The highest BCUT2D eigenvalue weighted by Gasteiger charge is 2.33. The number of nitrogen functional groups attached to an aromatic ring is 1. The molecule has 1 heterocycles. The zero-order valence-corrected chi connectivity index (χ0v) is 9.14. The number of carbonyl (C=O) groups excluding carboxylic acids is 2. The van der Waals surface area contributed by atoms with Crippen LogP contribution in [-0.2, 0) is 9.59 Å². The van der Waals surface area contributed by atoms with Gasteiger partial charge in [-0.25, -0.2) is 0 Å². The van der Waals surface area contributed by atoms with E-state index in [1.54, 1.807) is 12.1 Å². The first-order chi connectivity index (χ1) is 7.59. The molecule has 16 heavy (non-hydrogen) atoms. The average Bonchev–Trinajstić information content (AvgIpc) is 2.59. The van der Waals surface area contributed by atoms with E-state index in [1.165, 1.54) is 4.90 Å². The van der Waals surface area contributed by atoms with Crippen LogP contribution in [-0.4, -0.2) is 16.7 Å². The standard InChI is InChI=1S/C12H14N2O2/c1-8(9-2-4-10(13)5-3-9)14-11(15)6-7-12(14)16/h2-5,8H,6-7,13H2,1H3. The van der Waals surface area contributed by atoms with E-state index >= 15 is 0 Å². The van der Waals surface area contributed by atoms with Crippen LogP contribution in [0.1, 0.15) is 31.4 Å². The molecule has 1 aliphatic rings. The normalized spacial score (nSPS) is 17.9. The Hall–Kier alpha value is -1.84. The Bertz CT molecular complexity index is 409. The van der Waals surface area contributed by atoms with Crippen molar-refractivity contribution in [2.24, 2.45) is 0 Å². The van der Waals surface area contributed by atoms with E-state index in [0.717, 1.165) is 5.56 Å². The van der Waals surface area contributed by atoms with E-state index in [-0.39, 0.29) is 17.9 Å². The summed E-state index contributed by atoms with van der Waals surface area (Å²) < 4.78 is 0. The van der Waals surface area contributed by atoms with Gasteiger partial charge < -0.3 is 5.73 Å². The van der Waals surface area contributed by atoms with E-state index in [1.807, 2.05) is 19.1 Å². The molecule has 0 bridgehead atoms. The highest BCUT2D eigenvalue weighted by molar-refractivity contribution is 6.02. The van der Waals surface area contributed by atoms with Crippen LogP contribution in [0.4, 0.5) is 5.69 Å². The average molecular weight is 218 g/mol. The third-order valence-corrected chi connectivity index (χ3v) is 2.90. The molecule has 2 rings (SSSR count). The zero-order chi connectivity index (χ0) is 11.7. The van der Waals surface area contributed by atoms with Crippen LogP contribution in [0.25, 0.3) is 0 Å². The number of rotatable bonds is 2. The van der Waals surface area contributed by atoms with Gasteiger partial charge in [0.1, 0.15) is 0 Å². The molecule has 1 unspecified atom stereocenters. The van der Waals surface area contributed by atoms with Crippen molar-refractivity contribution < 1.29 is 9.59 Å². The molecule has 0 radical (unpaired) electrons. The molecule has 84 valence electrons. The van der Waals surface area contributed by atoms with Crippen molar-refractivity contribution in [1.29, 1.82) is 0 Å². The Morgan fingerprint density at radius 2 is 1.62 bits per heavy atom. The maximum atomic E-state index is 11.5. The molecule has 1 aromatic rings. The molecule has 1 atom stereocenters. The molecule has 4 heteroatoms. The van der Waals surface area contributed by atoms with Gasteiger partial charge in [-0.3, -0.25) is 14.5 Å². The monoisotopic (exact) mass is 218 g/mol. The van der Waals surface area contributed by atoms with Crippen LogP contribution < -0.4 is 5.73 Å². The van der Waals surface area contributed by atoms with Crippen LogP contribution in [0.2, 0.25) is 0 Å². The SMILES string of the molecule is CC(c1ccc(N)cc1)N1C(=O)CCC1=O. The van der Waals surface area contributed by atoms with Gasteiger partial charge in [-0.15, -0.1) is 0 Å². The van der Waals surface area contributed by atoms with Gasteiger partial charge in [0.25, 0.3) is 0 Å². The summed E-state index contributed by atoms with van der Waals surface area (Å²) in [5.41, 5.74) is 7.19. The van der Waals surface area contributed by atoms with E-state index in [9.17, 15) is 9.59 Å². The lowest BCUT2D eigenvalue weighted by Gasteiger charge is -2.22. The van der Waals surface area contributed by atoms with Crippen LogP contribution in [0, 0.1) is 0 Å². The van der Waals surface area contributed by atoms with E-state index in [4.69, 9.17) is 5.73 Å².